The number of hydrogen-bond donors (Lipinski definition) is 1. The number of hydrogen-bond acceptors (Lipinski definition) is 3. The molecule has 0 spiro atoms. The Balaban J connectivity index is 1.98. The summed E-state index contributed by atoms with van der Waals surface area (Å²) in [5.74, 6) is -0.509. The van der Waals surface area contributed by atoms with E-state index in [1.165, 1.54) is 24.5 Å². The predicted octanol–water partition coefficient (Wildman–Crippen LogP) is 3.08. The maximum absolute atomic E-state index is 12.4. The van der Waals surface area contributed by atoms with Crippen LogP contribution in [0.15, 0.2) is 36.7 Å². The zero-order valence-electron chi connectivity index (χ0n) is 10.5. The van der Waals surface area contributed by atoms with Gasteiger partial charge in [-0.05, 0) is 17.7 Å². The van der Waals surface area contributed by atoms with Gasteiger partial charge in [-0.3, -0.25) is 9.78 Å². The molecule has 0 fully saturated rings. The van der Waals surface area contributed by atoms with E-state index in [1.54, 1.807) is 0 Å². The van der Waals surface area contributed by atoms with Crippen LogP contribution < -0.4 is 5.32 Å². The summed E-state index contributed by atoms with van der Waals surface area (Å²) in [5.41, 5.74) is -0.168. The Labute approximate surface area is 123 Å². The fourth-order valence-electron chi connectivity index (χ4n) is 1.54. The number of halogens is 4. The maximum Gasteiger partial charge on any atom is 0.416 e. The molecule has 0 saturated carbocycles. The molecule has 0 aliphatic heterocycles. The van der Waals surface area contributed by atoms with Gasteiger partial charge < -0.3 is 5.32 Å². The van der Waals surface area contributed by atoms with Crippen molar-refractivity contribution < 1.29 is 18.0 Å². The number of amides is 1. The van der Waals surface area contributed by atoms with E-state index in [0.29, 0.717) is 5.56 Å². The predicted molar refractivity (Wildman–Crippen MR) is 69.7 cm³/mol. The lowest BCUT2D eigenvalue weighted by molar-refractivity contribution is -0.137. The average Bonchev–Trinajstić information content (AvgIpc) is 2.44. The van der Waals surface area contributed by atoms with E-state index < -0.39 is 17.6 Å². The Bertz CT molecular complexity index is 644. The largest absolute Gasteiger partial charge is 0.416 e. The average molecular weight is 316 g/mol. The molecule has 2 aromatic rings. The van der Waals surface area contributed by atoms with E-state index >= 15 is 0 Å². The third-order valence-electron chi connectivity index (χ3n) is 2.57. The van der Waals surface area contributed by atoms with Gasteiger partial charge >= 0.3 is 6.18 Å². The molecule has 8 heteroatoms. The summed E-state index contributed by atoms with van der Waals surface area (Å²) in [7, 11) is 0. The molecule has 110 valence electrons. The molecule has 2 rings (SSSR count). The maximum atomic E-state index is 12.4. The number of nitrogens with zero attached hydrogens (tertiary/aromatic N) is 2. The van der Waals surface area contributed by atoms with Gasteiger partial charge in [-0.1, -0.05) is 23.7 Å². The zero-order valence-corrected chi connectivity index (χ0v) is 11.2. The van der Waals surface area contributed by atoms with Crippen molar-refractivity contribution in [3.05, 3.63) is 58.6 Å². The number of rotatable bonds is 3. The summed E-state index contributed by atoms with van der Waals surface area (Å²) in [5, 5.41) is 2.60. The van der Waals surface area contributed by atoms with Crippen molar-refractivity contribution in [3.63, 3.8) is 0 Å². The highest BCUT2D eigenvalue weighted by Gasteiger charge is 2.29. The van der Waals surface area contributed by atoms with E-state index in [2.05, 4.69) is 15.3 Å². The van der Waals surface area contributed by atoms with Crippen molar-refractivity contribution in [2.75, 3.05) is 0 Å². The smallest absolute Gasteiger partial charge is 0.347 e. The first-order chi connectivity index (χ1) is 9.86. The molecule has 0 aliphatic rings. The number of aromatic nitrogens is 2. The third-order valence-corrected chi connectivity index (χ3v) is 2.75. The first-order valence-corrected chi connectivity index (χ1v) is 6.16. The Morgan fingerprint density at radius 2 is 1.86 bits per heavy atom. The minimum atomic E-state index is -4.38. The fourth-order valence-corrected chi connectivity index (χ4v) is 1.68. The van der Waals surface area contributed by atoms with Crippen LogP contribution >= 0.6 is 11.6 Å². The van der Waals surface area contributed by atoms with Gasteiger partial charge in [0.2, 0.25) is 0 Å². The fraction of sp³-hybridized carbons (Fsp3) is 0.154. The summed E-state index contributed by atoms with van der Waals surface area (Å²) in [6, 6.07) is 4.51. The second-order valence-electron chi connectivity index (χ2n) is 4.10. The van der Waals surface area contributed by atoms with E-state index in [4.69, 9.17) is 11.6 Å². The molecule has 1 aromatic carbocycles. The third kappa shape index (κ3) is 4.16. The molecular formula is C13H9ClF3N3O. The topological polar surface area (TPSA) is 54.9 Å². The highest BCUT2D eigenvalue weighted by Crippen LogP contribution is 2.29. The van der Waals surface area contributed by atoms with Gasteiger partial charge in [0, 0.05) is 6.54 Å². The SMILES string of the molecule is O=C(NCc1ccc(C(F)(F)F)cc1)c1cncc(Cl)n1. The van der Waals surface area contributed by atoms with E-state index in [0.717, 1.165) is 12.1 Å². The van der Waals surface area contributed by atoms with Crippen LogP contribution in [0.2, 0.25) is 5.15 Å². The van der Waals surface area contributed by atoms with Gasteiger partial charge in [-0.25, -0.2) is 4.98 Å². The normalized spacial score (nSPS) is 11.2. The Morgan fingerprint density at radius 3 is 2.43 bits per heavy atom. The Morgan fingerprint density at radius 1 is 1.19 bits per heavy atom. The first-order valence-electron chi connectivity index (χ1n) is 5.78. The molecule has 1 N–H and O–H groups in total. The minimum Gasteiger partial charge on any atom is -0.347 e. The van der Waals surface area contributed by atoms with Crippen LogP contribution in [-0.2, 0) is 12.7 Å². The van der Waals surface area contributed by atoms with E-state index in [1.807, 2.05) is 0 Å². The molecule has 0 bridgehead atoms. The van der Waals surface area contributed by atoms with Crippen molar-refractivity contribution >= 4 is 17.5 Å². The quantitative estimate of drug-likeness (QED) is 0.947. The number of carbonyl (C=O) groups excluding carboxylic acids is 1. The van der Waals surface area contributed by atoms with Gasteiger partial charge in [-0.2, -0.15) is 13.2 Å². The van der Waals surface area contributed by atoms with Gasteiger partial charge in [0.05, 0.1) is 18.0 Å². The zero-order chi connectivity index (χ0) is 15.5. The van der Waals surface area contributed by atoms with E-state index in [-0.39, 0.29) is 17.4 Å². The lowest BCUT2D eigenvalue weighted by Gasteiger charge is -2.08. The summed E-state index contributed by atoms with van der Waals surface area (Å²) in [6.07, 6.45) is -1.85. The first kappa shape index (κ1) is 15.2. The molecule has 0 atom stereocenters. The van der Waals surface area contributed by atoms with Crippen LogP contribution in [0.1, 0.15) is 21.6 Å². The number of benzene rings is 1. The molecular weight excluding hydrogens is 307 g/mol. The highest BCUT2D eigenvalue weighted by atomic mass is 35.5. The molecule has 0 unspecified atom stereocenters. The van der Waals surface area contributed by atoms with Crippen molar-refractivity contribution in [2.45, 2.75) is 12.7 Å². The van der Waals surface area contributed by atoms with Crippen molar-refractivity contribution in [1.29, 1.82) is 0 Å². The van der Waals surface area contributed by atoms with Crippen LogP contribution in [-0.4, -0.2) is 15.9 Å². The van der Waals surface area contributed by atoms with Gasteiger partial charge in [0.1, 0.15) is 10.8 Å². The minimum absolute atomic E-state index is 0.0365. The molecule has 0 radical (unpaired) electrons. The summed E-state index contributed by atoms with van der Waals surface area (Å²) >= 11 is 5.61. The Hall–Kier alpha value is -2.15. The monoisotopic (exact) mass is 315 g/mol. The molecule has 0 aliphatic carbocycles. The highest BCUT2D eigenvalue weighted by molar-refractivity contribution is 6.29. The molecule has 0 saturated heterocycles. The molecule has 1 amide bonds. The van der Waals surface area contributed by atoms with Crippen molar-refractivity contribution in [1.82, 2.24) is 15.3 Å². The van der Waals surface area contributed by atoms with Gasteiger partial charge in [0.25, 0.3) is 5.91 Å². The molecule has 4 nitrogen and oxygen atoms in total. The standard InChI is InChI=1S/C13H9ClF3N3O/c14-11-7-18-6-10(20-11)12(21)19-5-8-1-3-9(4-2-8)13(15,16)17/h1-4,6-7H,5H2,(H,19,21). The number of nitrogens with one attached hydrogen (secondary N) is 1. The summed E-state index contributed by atoms with van der Waals surface area (Å²) in [6.45, 7) is 0.0746. The lowest BCUT2D eigenvalue weighted by Crippen LogP contribution is -2.24. The second kappa shape index (κ2) is 6.09. The van der Waals surface area contributed by atoms with Crippen LogP contribution in [0, 0.1) is 0 Å². The summed E-state index contributed by atoms with van der Waals surface area (Å²) < 4.78 is 37.2. The van der Waals surface area contributed by atoms with Crippen molar-refractivity contribution in [2.24, 2.45) is 0 Å². The van der Waals surface area contributed by atoms with E-state index in [9.17, 15) is 18.0 Å². The second-order valence-corrected chi connectivity index (χ2v) is 4.49. The Kier molecular flexibility index (Phi) is 4.42. The summed E-state index contributed by atoms with van der Waals surface area (Å²) in [4.78, 5) is 19.2. The van der Waals surface area contributed by atoms with Gasteiger partial charge in [0.15, 0.2) is 0 Å². The van der Waals surface area contributed by atoms with Crippen LogP contribution in [0.4, 0.5) is 13.2 Å². The molecule has 21 heavy (non-hydrogen) atoms. The van der Waals surface area contributed by atoms with Crippen LogP contribution in [0.5, 0.6) is 0 Å². The molecule has 1 heterocycles. The van der Waals surface area contributed by atoms with Gasteiger partial charge in [-0.15, -0.1) is 0 Å². The molecule has 1 aromatic heterocycles. The lowest BCUT2D eigenvalue weighted by atomic mass is 10.1. The van der Waals surface area contributed by atoms with Crippen LogP contribution in [0.3, 0.4) is 0 Å². The van der Waals surface area contributed by atoms with Crippen molar-refractivity contribution in [3.8, 4) is 0 Å². The number of alkyl halides is 3. The number of carbonyl (C=O) groups is 1. The van der Waals surface area contributed by atoms with Crippen LogP contribution in [0.25, 0.3) is 0 Å².